The largest absolute Gasteiger partial charge is 0.493 e. The molecule has 1 atom stereocenters. The van der Waals surface area contributed by atoms with E-state index in [1.807, 2.05) is 55.6 Å². The summed E-state index contributed by atoms with van der Waals surface area (Å²) in [7, 11) is 3.14. The minimum atomic E-state index is -0.529. The topological polar surface area (TPSA) is 77.4 Å². The molecular formula is C26H26N2O5S. The molecule has 3 aromatic rings. The van der Waals surface area contributed by atoms with Gasteiger partial charge in [-0.05, 0) is 54.6 Å². The number of esters is 1. The molecule has 0 spiro atoms. The first-order valence-corrected chi connectivity index (χ1v) is 11.7. The third-order valence-corrected chi connectivity index (χ3v) is 6.62. The molecule has 7 nitrogen and oxygen atoms in total. The summed E-state index contributed by atoms with van der Waals surface area (Å²) in [6.07, 6.45) is 0.534. The number of amides is 1. The van der Waals surface area contributed by atoms with Gasteiger partial charge in [-0.3, -0.25) is 4.79 Å². The van der Waals surface area contributed by atoms with E-state index in [-0.39, 0.29) is 6.04 Å². The molecule has 0 fully saturated rings. The summed E-state index contributed by atoms with van der Waals surface area (Å²) in [5, 5.41) is 8.00. The lowest BCUT2D eigenvalue weighted by atomic mass is 10.0. The van der Waals surface area contributed by atoms with Crippen molar-refractivity contribution in [2.24, 2.45) is 5.10 Å². The van der Waals surface area contributed by atoms with Crippen molar-refractivity contribution < 1.29 is 23.8 Å². The zero-order valence-electron chi connectivity index (χ0n) is 19.5. The number of thiophene rings is 1. The average molecular weight is 479 g/mol. The summed E-state index contributed by atoms with van der Waals surface area (Å²) in [5.41, 5.74) is 3.85. The van der Waals surface area contributed by atoms with Crippen LogP contribution in [0.4, 0.5) is 0 Å². The highest BCUT2D eigenvalue weighted by molar-refractivity contribution is 7.12. The molecule has 0 saturated carbocycles. The Labute approximate surface area is 202 Å². The van der Waals surface area contributed by atoms with Crippen LogP contribution in [0.1, 0.15) is 44.4 Å². The summed E-state index contributed by atoms with van der Waals surface area (Å²) in [4.78, 5) is 26.8. The molecule has 4 rings (SSSR count). The number of rotatable bonds is 7. The van der Waals surface area contributed by atoms with Crippen LogP contribution in [0.25, 0.3) is 0 Å². The molecule has 0 N–H and O–H groups in total. The maximum absolute atomic E-state index is 13.2. The van der Waals surface area contributed by atoms with E-state index in [2.05, 4.69) is 5.10 Å². The van der Waals surface area contributed by atoms with Crippen LogP contribution >= 0.6 is 11.3 Å². The fourth-order valence-corrected chi connectivity index (χ4v) is 4.60. The minimum Gasteiger partial charge on any atom is -0.493 e. The highest BCUT2D eigenvalue weighted by Gasteiger charge is 2.34. The Kier molecular flexibility index (Phi) is 6.98. The van der Waals surface area contributed by atoms with Crippen molar-refractivity contribution in [3.8, 4) is 11.5 Å². The van der Waals surface area contributed by atoms with Crippen LogP contribution in [0, 0.1) is 13.8 Å². The number of carbonyl (C=O) groups is 2. The van der Waals surface area contributed by atoms with Gasteiger partial charge < -0.3 is 14.2 Å². The van der Waals surface area contributed by atoms with Crippen LogP contribution in [-0.4, -0.2) is 43.4 Å². The second kappa shape index (κ2) is 10.1. The summed E-state index contributed by atoms with van der Waals surface area (Å²) < 4.78 is 16.2. The van der Waals surface area contributed by atoms with Gasteiger partial charge in [0.05, 0.1) is 36.4 Å². The van der Waals surface area contributed by atoms with E-state index in [0.717, 1.165) is 27.3 Å². The number of methoxy groups -OCH3 is 2. The zero-order chi connectivity index (χ0) is 24.2. The number of nitrogens with zero attached hydrogens (tertiary/aromatic N) is 2. The molecular weight excluding hydrogens is 452 g/mol. The van der Waals surface area contributed by atoms with Crippen LogP contribution in [0.3, 0.4) is 0 Å². The Bertz CT molecular complexity index is 1240. The van der Waals surface area contributed by atoms with E-state index in [1.165, 1.54) is 5.01 Å². The number of aryl methyl sites for hydroxylation is 2. The van der Waals surface area contributed by atoms with Gasteiger partial charge in [-0.25, -0.2) is 9.80 Å². The molecule has 0 saturated heterocycles. The van der Waals surface area contributed by atoms with E-state index >= 15 is 0 Å². The lowest BCUT2D eigenvalue weighted by Crippen LogP contribution is -2.31. The van der Waals surface area contributed by atoms with Gasteiger partial charge in [-0.2, -0.15) is 5.10 Å². The van der Waals surface area contributed by atoms with Gasteiger partial charge in [0.1, 0.15) is 0 Å². The van der Waals surface area contributed by atoms with Crippen molar-refractivity contribution >= 4 is 28.9 Å². The predicted octanol–water partition coefficient (Wildman–Crippen LogP) is 4.92. The summed E-state index contributed by atoms with van der Waals surface area (Å²) in [5.74, 6) is 0.242. The quantitative estimate of drug-likeness (QED) is 0.451. The van der Waals surface area contributed by atoms with Crippen LogP contribution < -0.4 is 9.47 Å². The zero-order valence-corrected chi connectivity index (χ0v) is 20.3. The molecule has 0 radical (unpaired) electrons. The second-order valence-electron chi connectivity index (χ2n) is 7.99. The molecule has 2 heterocycles. The Morgan fingerprint density at radius 2 is 1.85 bits per heavy atom. The number of hydrazone groups is 1. The van der Waals surface area contributed by atoms with E-state index in [9.17, 15) is 9.59 Å². The second-order valence-corrected chi connectivity index (χ2v) is 8.94. The number of hydrogen-bond acceptors (Lipinski definition) is 7. The van der Waals surface area contributed by atoms with Crippen LogP contribution in [0.15, 0.2) is 59.0 Å². The summed E-state index contributed by atoms with van der Waals surface area (Å²) in [6, 6.07) is 14.7. The van der Waals surface area contributed by atoms with E-state index in [1.54, 1.807) is 37.7 Å². The molecule has 1 unspecified atom stereocenters. The molecule has 34 heavy (non-hydrogen) atoms. The molecule has 1 aliphatic rings. The van der Waals surface area contributed by atoms with E-state index < -0.39 is 18.5 Å². The lowest BCUT2D eigenvalue weighted by molar-refractivity contribution is -0.136. The number of hydrogen-bond donors (Lipinski definition) is 0. The smallest absolute Gasteiger partial charge is 0.338 e. The van der Waals surface area contributed by atoms with E-state index in [4.69, 9.17) is 14.2 Å². The Morgan fingerprint density at radius 1 is 1.06 bits per heavy atom. The third kappa shape index (κ3) is 4.82. The highest BCUT2D eigenvalue weighted by atomic mass is 32.1. The first-order valence-electron chi connectivity index (χ1n) is 10.8. The standard InChI is InChI=1S/C26H26N2O5S/c1-16-7-8-17(2)19(12-16)26(30)33-15-25(29)28-21(14-20(27-28)24-6-5-11-34-24)18-9-10-22(31-3)23(13-18)32-4/h5-13,21H,14-15H2,1-4H3. The summed E-state index contributed by atoms with van der Waals surface area (Å²) in [6.45, 7) is 3.33. The van der Waals surface area contributed by atoms with Crippen LogP contribution in [0.2, 0.25) is 0 Å². The monoisotopic (exact) mass is 478 g/mol. The van der Waals surface area contributed by atoms with Gasteiger partial charge in [0.2, 0.25) is 0 Å². The normalized spacial score (nSPS) is 15.1. The number of benzene rings is 2. The highest BCUT2D eigenvalue weighted by Crippen LogP contribution is 2.37. The average Bonchev–Trinajstić information content (AvgIpc) is 3.53. The van der Waals surface area contributed by atoms with Crippen LogP contribution in [0.5, 0.6) is 11.5 Å². The Balaban J connectivity index is 1.57. The molecule has 0 bridgehead atoms. The molecule has 1 aromatic heterocycles. The molecule has 1 aliphatic heterocycles. The van der Waals surface area contributed by atoms with E-state index in [0.29, 0.717) is 23.5 Å². The first-order chi connectivity index (χ1) is 16.4. The van der Waals surface area contributed by atoms with Gasteiger partial charge in [-0.1, -0.05) is 29.8 Å². The fourth-order valence-electron chi connectivity index (χ4n) is 3.88. The predicted molar refractivity (Wildman–Crippen MR) is 131 cm³/mol. The van der Waals surface area contributed by atoms with Gasteiger partial charge >= 0.3 is 5.97 Å². The Hall–Kier alpha value is -3.65. The van der Waals surface area contributed by atoms with Gasteiger partial charge in [0.15, 0.2) is 18.1 Å². The molecule has 2 aromatic carbocycles. The maximum atomic E-state index is 13.2. The van der Waals surface area contributed by atoms with Crippen molar-refractivity contribution in [1.82, 2.24) is 5.01 Å². The number of ether oxygens (including phenoxy) is 3. The van der Waals surface area contributed by atoms with Crippen molar-refractivity contribution in [3.05, 3.63) is 81.0 Å². The van der Waals surface area contributed by atoms with Gasteiger partial charge in [-0.15, -0.1) is 11.3 Å². The van der Waals surface area contributed by atoms with Crippen molar-refractivity contribution in [1.29, 1.82) is 0 Å². The summed E-state index contributed by atoms with van der Waals surface area (Å²) >= 11 is 1.56. The minimum absolute atomic E-state index is 0.358. The maximum Gasteiger partial charge on any atom is 0.338 e. The SMILES string of the molecule is COc1ccc(C2CC(c3cccs3)=NN2C(=O)COC(=O)c2cc(C)ccc2C)cc1OC. The molecule has 176 valence electrons. The molecule has 1 amide bonds. The number of carbonyl (C=O) groups excluding carboxylic acids is 2. The lowest BCUT2D eigenvalue weighted by Gasteiger charge is -2.23. The van der Waals surface area contributed by atoms with Gasteiger partial charge in [0, 0.05) is 6.42 Å². The van der Waals surface area contributed by atoms with Crippen molar-refractivity contribution in [3.63, 3.8) is 0 Å². The fraction of sp³-hybridized carbons (Fsp3) is 0.269. The van der Waals surface area contributed by atoms with Crippen molar-refractivity contribution in [2.75, 3.05) is 20.8 Å². The molecule has 0 aliphatic carbocycles. The Morgan fingerprint density at radius 3 is 2.56 bits per heavy atom. The first kappa shape index (κ1) is 23.5. The third-order valence-electron chi connectivity index (χ3n) is 5.70. The van der Waals surface area contributed by atoms with Crippen LogP contribution in [-0.2, 0) is 9.53 Å². The van der Waals surface area contributed by atoms with Gasteiger partial charge in [0.25, 0.3) is 5.91 Å². The van der Waals surface area contributed by atoms with Crippen molar-refractivity contribution in [2.45, 2.75) is 26.3 Å². The molecule has 8 heteroatoms.